The van der Waals surface area contributed by atoms with Crippen LogP contribution in [0.15, 0.2) is 250 Å². The van der Waals surface area contributed by atoms with Gasteiger partial charge in [0, 0.05) is 160 Å². The smallest absolute Gasteiger partial charge is 0.425 e. The number of aromatic nitrogens is 9. The first-order valence-electron chi connectivity index (χ1n) is 45.7. The van der Waals surface area contributed by atoms with Crippen LogP contribution in [0.3, 0.4) is 0 Å². The van der Waals surface area contributed by atoms with Crippen LogP contribution in [0, 0.1) is 27.7 Å². The van der Waals surface area contributed by atoms with E-state index >= 15 is 0 Å². The highest BCUT2D eigenvalue weighted by molar-refractivity contribution is 5.98. The average molecular weight is 1990 g/mol. The summed E-state index contributed by atoms with van der Waals surface area (Å²) >= 11 is 0. The first-order chi connectivity index (χ1) is 67.9. The zero-order chi connectivity index (χ0) is 104. The predicted octanol–water partition coefficient (Wildman–Crippen LogP) is 22.1. The Bertz CT molecular complexity index is 7300. The zero-order valence-electron chi connectivity index (χ0n) is 78.6. The van der Waals surface area contributed by atoms with E-state index in [1.54, 1.807) is 182 Å². The number of fused-ring (bicyclic) bond motifs is 15. The van der Waals surface area contributed by atoms with Crippen molar-refractivity contribution in [3.05, 3.63) is 328 Å². The minimum atomic E-state index is -4.92. The van der Waals surface area contributed by atoms with E-state index in [9.17, 15) is 106 Å². The van der Waals surface area contributed by atoms with Crippen molar-refractivity contribution in [3.8, 4) is 117 Å². The van der Waals surface area contributed by atoms with Gasteiger partial charge in [-0.1, -0.05) is 192 Å². The van der Waals surface area contributed by atoms with Gasteiger partial charge in [0.25, 0.3) is 0 Å². The monoisotopic (exact) mass is 1990 g/mol. The number of ketones is 3. The Morgan fingerprint density at radius 3 is 0.826 bits per heavy atom. The van der Waals surface area contributed by atoms with Gasteiger partial charge in [-0.3, -0.25) is 23.5 Å². The molecule has 0 spiro atoms. The second-order valence-corrected chi connectivity index (χ2v) is 36.5. The minimum absolute atomic E-state index is 0.0180. The standard InChI is InChI=1S/C24H22F3NO3.C23H21F3N2O2.C22H19F3N2O2.2C20H17F3N2O2/c1-15(29)6-5-11-31-17-12-19(16-9-10-28(2)14-16)22-18-7-3-4-8-20(18)23(30,21(22)13-17)24(25,26)27;1-14-10-18(16-12-27-28(13-16)9-5-6-15(2)29)21-17-7-3-4-8-19(17)22(30,20(21)11-14)23(24,25)26;1-13-9-17(15-11-26-27(12-15)8-7-14(2)28)20-16-5-3-4-6-18(16)21(29,19(20)10-13)22(23,24)25;2*1-12-8-15(13-10-24-25(11-13)6-7-26)18-14-4-2-3-5-16(14)19(27,17(18)9-12)20(21,22)23/h3-4,7-10,12-14,30H,5-6,11H2,1-2H3;3-4,7-8,10-13,30H,5-6,9H2,1-2H3;3-6,9-12,29H,7-8H2,1-2H3;2*2-5,8-11,26-27H,6-7H2,1H3. The van der Waals surface area contributed by atoms with Gasteiger partial charge in [-0.05, 0) is 163 Å². The summed E-state index contributed by atoms with van der Waals surface area (Å²) < 4.78 is 225. The third-order valence-electron chi connectivity index (χ3n) is 26.3. The topological polar surface area (TPSA) is 278 Å². The Morgan fingerprint density at radius 2 is 0.562 bits per heavy atom. The van der Waals surface area contributed by atoms with Gasteiger partial charge < -0.3 is 54.6 Å². The van der Waals surface area contributed by atoms with Gasteiger partial charge in [-0.25, -0.2) is 0 Å². The summed E-state index contributed by atoms with van der Waals surface area (Å²) in [5.74, 6) is 0.366. The highest BCUT2D eigenvalue weighted by Gasteiger charge is 2.66. The summed E-state index contributed by atoms with van der Waals surface area (Å²) in [4.78, 5) is 33.5. The number of rotatable bonds is 21. The molecular formula is C109H96F15N9O11. The number of aliphatic hydroxyl groups excluding tert-OH is 2. The summed E-state index contributed by atoms with van der Waals surface area (Å²) in [6, 6.07) is 47.9. The molecule has 0 radical (unpaired) electrons. The summed E-state index contributed by atoms with van der Waals surface area (Å²) in [5, 5.41) is 89.5. The lowest BCUT2D eigenvalue weighted by Gasteiger charge is -2.28. The van der Waals surface area contributed by atoms with E-state index in [1.807, 2.05) is 25.4 Å². The van der Waals surface area contributed by atoms with Gasteiger partial charge in [-0.15, -0.1) is 0 Å². The largest absolute Gasteiger partial charge is 0.494 e. The predicted molar refractivity (Wildman–Crippen MR) is 508 cm³/mol. The number of benzene rings is 10. The molecule has 35 heteroatoms. The molecule has 20 rings (SSSR count). The van der Waals surface area contributed by atoms with Crippen LogP contribution in [-0.2, 0) is 75.6 Å². The molecule has 0 amide bonds. The number of hydrogen-bond donors (Lipinski definition) is 7. The summed E-state index contributed by atoms with van der Waals surface area (Å²) in [6.45, 7) is 12.8. The van der Waals surface area contributed by atoms with Crippen LogP contribution in [0.2, 0.25) is 0 Å². The molecule has 0 saturated heterocycles. The number of ether oxygens (including phenoxy) is 1. The molecule has 0 saturated carbocycles. The van der Waals surface area contributed by atoms with E-state index in [4.69, 9.17) is 14.9 Å². The Kier molecular flexibility index (Phi) is 27.7. The Hall–Kier alpha value is -14.2. The van der Waals surface area contributed by atoms with E-state index in [1.165, 1.54) is 121 Å². The fourth-order valence-electron chi connectivity index (χ4n) is 19.8. The number of alkyl halides is 15. The molecule has 0 bridgehead atoms. The molecule has 0 aliphatic heterocycles. The highest BCUT2D eigenvalue weighted by atomic mass is 19.4. The first-order valence-corrected chi connectivity index (χ1v) is 45.7. The number of halogens is 15. The minimum Gasteiger partial charge on any atom is -0.494 e. The van der Waals surface area contributed by atoms with Crippen LogP contribution in [0.25, 0.3) is 111 Å². The SMILES string of the molecule is CC(=O)CCCOc1cc(-c2ccn(C)c2)c2c(c1)C(O)(C(F)(F)F)c1ccccc1-2.CC(=O)CCCn1cc(-c2cc(C)cc3c2-c2ccccc2C3(O)C(F)(F)F)cn1.CC(=O)CCn1cc(-c2cc(C)cc3c2-c2ccccc2C3(O)C(F)(F)F)cn1.Cc1cc(-c2cnn(CCO)c2)c2c(c1)C(O)(C(F)(F)F)c1ccccc1-2.Cc1cc(-c2cnn(CCO)c2)c2c(c1)C(O)(C(F)(F)F)c1ccccc1-2. The van der Waals surface area contributed by atoms with Crippen molar-refractivity contribution in [2.75, 3.05) is 19.8 Å². The summed E-state index contributed by atoms with van der Waals surface area (Å²) in [7, 11) is 1.83. The molecule has 5 aliphatic rings. The molecule has 144 heavy (non-hydrogen) atoms. The first kappa shape index (κ1) is 103. The second kappa shape index (κ2) is 38.8. The van der Waals surface area contributed by atoms with Gasteiger partial charge in [0.05, 0.1) is 57.7 Å². The molecule has 5 aromatic heterocycles. The summed E-state index contributed by atoms with van der Waals surface area (Å²) in [5.41, 5.74) is -4.98. The lowest BCUT2D eigenvalue weighted by Crippen LogP contribution is -2.41. The molecule has 7 N–H and O–H groups in total. The van der Waals surface area contributed by atoms with E-state index in [2.05, 4.69) is 20.4 Å². The molecule has 10 aromatic carbocycles. The van der Waals surface area contributed by atoms with Crippen LogP contribution < -0.4 is 4.74 Å². The normalized spacial score (nSPS) is 17.9. The van der Waals surface area contributed by atoms with Crippen LogP contribution in [-0.4, -0.2) is 147 Å². The van der Waals surface area contributed by atoms with Crippen LogP contribution in [0.1, 0.15) is 131 Å². The maximum absolute atomic E-state index is 14.2. The molecule has 5 aliphatic carbocycles. The lowest BCUT2D eigenvalue weighted by atomic mass is 9.88. The van der Waals surface area contributed by atoms with Gasteiger partial charge in [-0.2, -0.15) is 86.3 Å². The number of nitrogens with zero attached hydrogens (tertiary/aromatic N) is 9. The molecule has 5 heterocycles. The number of carbonyl (C=O) groups excluding carboxylic acids is 3. The number of Topliss-reactive ketones (excluding diaryl/α,β-unsaturated/α-hetero) is 3. The van der Waals surface area contributed by atoms with E-state index < -0.39 is 58.9 Å². The molecule has 15 aromatic rings. The fourth-order valence-corrected chi connectivity index (χ4v) is 19.8. The van der Waals surface area contributed by atoms with E-state index in [0.29, 0.717) is 179 Å². The quantitative estimate of drug-likeness (QED) is 0.0260. The average Bonchev–Trinajstić information content (AvgIpc) is 1.56. The zero-order valence-corrected chi connectivity index (χ0v) is 78.6. The van der Waals surface area contributed by atoms with Gasteiger partial charge >= 0.3 is 30.9 Å². The van der Waals surface area contributed by atoms with Gasteiger partial charge in [0.15, 0.2) is 0 Å². The lowest BCUT2D eigenvalue weighted by molar-refractivity contribution is -0.247. The van der Waals surface area contributed by atoms with Crippen molar-refractivity contribution < 1.29 is 121 Å². The third kappa shape index (κ3) is 18.3. The highest BCUT2D eigenvalue weighted by Crippen LogP contribution is 2.64. The number of carbonyl (C=O) groups is 3. The molecule has 20 nitrogen and oxygen atoms in total. The molecular weight excluding hydrogens is 1900 g/mol. The van der Waals surface area contributed by atoms with Crippen molar-refractivity contribution >= 4 is 17.3 Å². The van der Waals surface area contributed by atoms with Crippen molar-refractivity contribution in [3.63, 3.8) is 0 Å². The fraction of sp³-hybridized carbons (Fsp3) is 0.275. The second-order valence-electron chi connectivity index (χ2n) is 36.5. The Balaban J connectivity index is 0.000000129. The van der Waals surface area contributed by atoms with Gasteiger partial charge in [0.1, 0.15) is 23.1 Å². The molecule has 748 valence electrons. The van der Waals surface area contributed by atoms with Crippen molar-refractivity contribution in [1.29, 1.82) is 0 Å². The summed E-state index contributed by atoms with van der Waals surface area (Å²) in [6.07, 6.45) is -5.45. The molecule has 5 unspecified atom stereocenters. The Morgan fingerprint density at radius 1 is 0.306 bits per heavy atom. The van der Waals surface area contributed by atoms with Crippen molar-refractivity contribution in [2.45, 2.75) is 166 Å². The van der Waals surface area contributed by atoms with Crippen molar-refractivity contribution in [2.24, 2.45) is 7.05 Å². The third-order valence-corrected chi connectivity index (χ3v) is 26.3. The number of hydrogen-bond acceptors (Lipinski definition) is 15. The van der Waals surface area contributed by atoms with E-state index in [-0.39, 0.29) is 112 Å². The van der Waals surface area contributed by atoms with Crippen molar-refractivity contribution in [1.82, 2.24) is 43.7 Å². The van der Waals surface area contributed by atoms with Crippen LogP contribution in [0.4, 0.5) is 65.9 Å². The van der Waals surface area contributed by atoms with Crippen LogP contribution in [0.5, 0.6) is 5.75 Å². The number of aliphatic hydroxyl groups is 7. The molecule has 5 atom stereocenters. The van der Waals surface area contributed by atoms with Crippen LogP contribution >= 0.6 is 0 Å². The van der Waals surface area contributed by atoms with E-state index in [0.717, 1.165) is 0 Å². The number of aryl methyl sites for hydroxylation is 7. The Labute approximate surface area is 815 Å². The maximum Gasteiger partial charge on any atom is 0.425 e. The molecule has 0 fully saturated rings. The maximum atomic E-state index is 14.2. The van der Waals surface area contributed by atoms with Gasteiger partial charge in [0.2, 0.25) is 28.0 Å².